The Morgan fingerprint density at radius 2 is 1.22 bits per heavy atom. The van der Waals surface area contributed by atoms with Crippen LogP contribution < -0.4 is 11.1 Å². The third kappa shape index (κ3) is 7.35. The topological polar surface area (TPSA) is 162 Å². The highest BCUT2D eigenvalue weighted by Gasteiger charge is 2.38. The van der Waals surface area contributed by atoms with E-state index in [1.165, 1.54) is 7.11 Å². The Labute approximate surface area is 315 Å². The summed E-state index contributed by atoms with van der Waals surface area (Å²) in [4.78, 5) is 58.6. The van der Waals surface area contributed by atoms with Gasteiger partial charge in [-0.15, -0.1) is 0 Å². The van der Waals surface area contributed by atoms with Crippen LogP contribution in [0.2, 0.25) is 0 Å². The number of methoxy groups -OCH3 is 1. The van der Waals surface area contributed by atoms with Crippen molar-refractivity contribution in [2.75, 3.05) is 20.2 Å². The summed E-state index contributed by atoms with van der Waals surface area (Å²) in [6, 6.07) is 19.8. The molecule has 0 unspecified atom stereocenters. The summed E-state index contributed by atoms with van der Waals surface area (Å²) in [6.45, 7) is 9.08. The van der Waals surface area contributed by atoms with E-state index in [1.807, 2.05) is 49.9 Å². The predicted octanol–water partition coefficient (Wildman–Crippen LogP) is 6.98. The molecule has 4 heterocycles. The molecule has 0 spiro atoms. The van der Waals surface area contributed by atoms with Gasteiger partial charge >= 0.3 is 6.09 Å². The van der Waals surface area contributed by atoms with Gasteiger partial charge in [0.1, 0.15) is 17.7 Å². The Bertz CT molecular complexity index is 2140. The highest BCUT2D eigenvalue weighted by Crippen LogP contribution is 2.35. The minimum Gasteiger partial charge on any atom is -0.453 e. The first-order valence-electron chi connectivity index (χ1n) is 19.0. The summed E-state index contributed by atoms with van der Waals surface area (Å²) in [5.74, 6) is 1.39. The number of benzene rings is 3. The zero-order valence-electron chi connectivity index (χ0n) is 31.6. The fraction of sp³-hybridized carbons (Fsp3) is 0.405. The van der Waals surface area contributed by atoms with Gasteiger partial charge in [0.2, 0.25) is 11.8 Å². The first-order chi connectivity index (χ1) is 26.0. The Morgan fingerprint density at radius 3 is 1.78 bits per heavy atom. The second-order valence-corrected chi connectivity index (χ2v) is 15.2. The second-order valence-electron chi connectivity index (χ2n) is 15.2. The number of likely N-dealkylation sites (tertiary alicyclic amines) is 2. The molecule has 7 rings (SSSR count). The summed E-state index contributed by atoms with van der Waals surface area (Å²) < 4.78 is 4.76. The van der Waals surface area contributed by atoms with Crippen molar-refractivity contribution in [2.45, 2.75) is 77.5 Å². The lowest BCUT2D eigenvalue weighted by molar-refractivity contribution is -0.136. The van der Waals surface area contributed by atoms with Crippen molar-refractivity contribution in [3.8, 4) is 33.6 Å². The molecule has 0 saturated carbocycles. The van der Waals surface area contributed by atoms with Crippen LogP contribution in [0.1, 0.15) is 77.1 Å². The molecule has 2 saturated heterocycles. The number of hydrogen-bond donors (Lipinski definition) is 4. The molecule has 2 aliphatic rings. The molecular weight excluding hydrogens is 681 g/mol. The quantitative estimate of drug-likeness (QED) is 0.121. The molecule has 2 aliphatic heterocycles. The van der Waals surface area contributed by atoms with Crippen LogP contribution in [0, 0.1) is 11.8 Å². The first-order valence-corrected chi connectivity index (χ1v) is 19.0. The van der Waals surface area contributed by atoms with E-state index in [0.29, 0.717) is 13.1 Å². The number of hydrogen-bond acceptors (Lipinski definition) is 7. The number of imidazole rings is 2. The van der Waals surface area contributed by atoms with E-state index in [0.717, 1.165) is 81.7 Å². The van der Waals surface area contributed by atoms with Gasteiger partial charge in [0.15, 0.2) is 0 Å². The SMILES string of the molecule is COC(=O)N[C@H](C(=O)N1CCC[C@H]1c1ncc(-c2ccc(-c3ccc4cc(-c5cnc([C@@H]6CCCN6C(=O)[C@@H](N)C(C)C)[nH]5)ccc4c3)cc2)[nH]1)C(C)C. The maximum Gasteiger partial charge on any atom is 0.407 e. The van der Waals surface area contributed by atoms with E-state index in [4.69, 9.17) is 15.5 Å². The van der Waals surface area contributed by atoms with E-state index >= 15 is 0 Å². The maximum atomic E-state index is 13.5. The molecule has 4 atom stereocenters. The molecular formula is C42H50N8O4. The number of nitrogens with one attached hydrogen (secondary N) is 3. The van der Waals surface area contributed by atoms with Crippen LogP contribution in [0.25, 0.3) is 44.4 Å². The zero-order chi connectivity index (χ0) is 38.1. The van der Waals surface area contributed by atoms with Crippen molar-refractivity contribution in [2.24, 2.45) is 17.6 Å². The Morgan fingerprint density at radius 1 is 0.722 bits per heavy atom. The van der Waals surface area contributed by atoms with Gasteiger partial charge in [-0.05, 0) is 77.1 Å². The molecule has 0 radical (unpaired) electrons. The average Bonchev–Trinajstić information content (AvgIpc) is 4.02. The largest absolute Gasteiger partial charge is 0.453 e. The van der Waals surface area contributed by atoms with Crippen LogP contribution in [0.4, 0.5) is 4.79 Å². The van der Waals surface area contributed by atoms with E-state index in [2.05, 4.69) is 80.9 Å². The van der Waals surface area contributed by atoms with Gasteiger partial charge in [-0.25, -0.2) is 14.8 Å². The fourth-order valence-electron chi connectivity index (χ4n) is 7.72. The molecule has 282 valence electrons. The van der Waals surface area contributed by atoms with E-state index in [-0.39, 0.29) is 35.7 Å². The summed E-state index contributed by atoms with van der Waals surface area (Å²) in [6.07, 6.45) is 6.52. The summed E-state index contributed by atoms with van der Waals surface area (Å²) in [5, 5.41) is 4.95. The average molecular weight is 731 g/mol. The fourth-order valence-corrected chi connectivity index (χ4v) is 7.72. The number of H-pyrrole nitrogens is 2. The van der Waals surface area contributed by atoms with Crippen molar-refractivity contribution in [1.29, 1.82) is 0 Å². The first kappa shape index (κ1) is 36.9. The van der Waals surface area contributed by atoms with Crippen LogP contribution in [0.15, 0.2) is 73.1 Å². The van der Waals surface area contributed by atoms with Gasteiger partial charge in [-0.1, -0.05) is 76.2 Å². The molecule has 54 heavy (non-hydrogen) atoms. The number of rotatable bonds is 10. The minimum absolute atomic E-state index is 0.00843. The molecule has 0 bridgehead atoms. The van der Waals surface area contributed by atoms with Crippen molar-refractivity contribution in [1.82, 2.24) is 35.1 Å². The third-order valence-corrected chi connectivity index (χ3v) is 11.0. The van der Waals surface area contributed by atoms with Crippen LogP contribution >= 0.6 is 0 Å². The van der Waals surface area contributed by atoms with Crippen LogP contribution in [0.3, 0.4) is 0 Å². The highest BCUT2D eigenvalue weighted by molar-refractivity contribution is 5.91. The van der Waals surface area contributed by atoms with E-state index in [9.17, 15) is 14.4 Å². The number of ether oxygens (including phenoxy) is 1. The Balaban J connectivity index is 1.03. The predicted molar refractivity (Wildman–Crippen MR) is 209 cm³/mol. The highest BCUT2D eigenvalue weighted by atomic mass is 16.5. The van der Waals surface area contributed by atoms with Crippen molar-refractivity contribution in [3.05, 3.63) is 84.7 Å². The molecule has 5 aromatic rings. The maximum absolute atomic E-state index is 13.5. The number of aromatic amines is 2. The van der Waals surface area contributed by atoms with E-state index < -0.39 is 18.2 Å². The number of carbonyl (C=O) groups excluding carboxylic acids is 3. The molecule has 5 N–H and O–H groups in total. The lowest BCUT2D eigenvalue weighted by atomic mass is 9.98. The molecule has 12 nitrogen and oxygen atoms in total. The van der Waals surface area contributed by atoms with Gasteiger partial charge in [-0.2, -0.15) is 0 Å². The second kappa shape index (κ2) is 15.5. The van der Waals surface area contributed by atoms with Gasteiger partial charge in [0, 0.05) is 18.7 Å². The molecule has 3 aromatic carbocycles. The molecule has 0 aliphatic carbocycles. The zero-order valence-corrected chi connectivity index (χ0v) is 31.6. The number of amides is 3. The van der Waals surface area contributed by atoms with Gasteiger partial charge < -0.3 is 35.6 Å². The van der Waals surface area contributed by atoms with Crippen LogP contribution in [-0.4, -0.2) is 79.9 Å². The lowest BCUT2D eigenvalue weighted by Crippen LogP contribution is -2.51. The monoisotopic (exact) mass is 730 g/mol. The van der Waals surface area contributed by atoms with E-state index in [1.54, 1.807) is 0 Å². The number of nitrogens with two attached hydrogens (primary N) is 1. The molecule has 2 fully saturated rings. The van der Waals surface area contributed by atoms with Crippen molar-refractivity contribution >= 4 is 28.7 Å². The summed E-state index contributed by atoms with van der Waals surface area (Å²) >= 11 is 0. The summed E-state index contributed by atoms with van der Waals surface area (Å²) in [7, 11) is 1.30. The number of alkyl carbamates (subject to hydrolysis) is 1. The van der Waals surface area contributed by atoms with Crippen LogP contribution in [0.5, 0.6) is 0 Å². The number of nitrogens with zero attached hydrogens (tertiary/aromatic N) is 4. The van der Waals surface area contributed by atoms with Crippen molar-refractivity contribution in [3.63, 3.8) is 0 Å². The molecule has 3 amide bonds. The standard InChI is InChI=1S/C42H50N8O4/c1-24(2)36(43)40(51)49-18-6-8-34(49)38-45-23-33(47-38)31-17-16-29-20-28(14-15-30(29)21-31)26-10-12-27(13-11-26)32-22-44-39(46-32)35-9-7-19-50(35)41(52)37(25(3)4)48-42(53)54-5/h10-17,20-25,34-37H,6-9,18-19,43H2,1-5H3,(H,44,46)(H,45,47)(H,48,53)/t34-,35-,36-,37-/m0/s1. The number of fused-ring (bicyclic) bond motifs is 1. The normalized spacial score (nSPS) is 18.4. The van der Waals surface area contributed by atoms with Gasteiger partial charge in [0.25, 0.3) is 0 Å². The number of carbonyl (C=O) groups is 3. The minimum atomic E-state index is -0.677. The summed E-state index contributed by atoms with van der Waals surface area (Å²) in [5.41, 5.74) is 12.3. The number of aromatic nitrogens is 4. The smallest absolute Gasteiger partial charge is 0.407 e. The van der Waals surface area contributed by atoms with Gasteiger partial charge in [-0.3, -0.25) is 9.59 Å². The lowest BCUT2D eigenvalue weighted by Gasteiger charge is -2.30. The van der Waals surface area contributed by atoms with Crippen molar-refractivity contribution < 1.29 is 19.1 Å². The third-order valence-electron chi connectivity index (χ3n) is 11.0. The molecule has 12 heteroatoms. The molecule has 2 aromatic heterocycles. The van der Waals surface area contributed by atoms with Crippen LogP contribution in [-0.2, 0) is 14.3 Å². The van der Waals surface area contributed by atoms with Gasteiger partial charge in [0.05, 0.1) is 49.0 Å². The Kier molecular flexibility index (Phi) is 10.6. The Hall–Kier alpha value is -5.49.